The highest BCUT2D eigenvalue weighted by atomic mass is 16.2. The summed E-state index contributed by atoms with van der Waals surface area (Å²) in [7, 11) is 0. The van der Waals surface area contributed by atoms with Crippen molar-refractivity contribution < 1.29 is 4.79 Å². The van der Waals surface area contributed by atoms with Crippen LogP contribution in [-0.4, -0.2) is 37.0 Å². The van der Waals surface area contributed by atoms with Gasteiger partial charge in [0.2, 0.25) is 5.91 Å². The van der Waals surface area contributed by atoms with Gasteiger partial charge in [-0.3, -0.25) is 4.79 Å². The maximum atomic E-state index is 12.4. The zero-order valence-corrected chi connectivity index (χ0v) is 14.0. The Hall–Kier alpha value is -1.39. The van der Waals surface area contributed by atoms with Crippen LogP contribution in [0.1, 0.15) is 32.8 Å². The molecule has 1 aliphatic rings. The van der Waals surface area contributed by atoms with Crippen molar-refractivity contribution in [3.63, 3.8) is 0 Å². The van der Waals surface area contributed by atoms with E-state index in [2.05, 4.69) is 24.1 Å². The monoisotopic (exact) mass is 303 g/mol. The number of nitrogens with zero attached hydrogens (tertiary/aromatic N) is 1. The molecule has 0 aromatic heterocycles. The van der Waals surface area contributed by atoms with Gasteiger partial charge in [0.05, 0.1) is 0 Å². The third kappa shape index (κ3) is 4.31. The fourth-order valence-electron chi connectivity index (χ4n) is 3.10. The zero-order valence-electron chi connectivity index (χ0n) is 14.0. The van der Waals surface area contributed by atoms with Gasteiger partial charge in [-0.25, -0.2) is 0 Å². The van der Waals surface area contributed by atoms with Crippen LogP contribution in [-0.2, 0) is 10.3 Å². The van der Waals surface area contributed by atoms with Crippen LogP contribution in [0.25, 0.3) is 0 Å². The summed E-state index contributed by atoms with van der Waals surface area (Å²) in [5.74, 6) is 1.13. The lowest BCUT2D eigenvalue weighted by Crippen LogP contribution is -2.50. The van der Waals surface area contributed by atoms with Crippen molar-refractivity contribution >= 4 is 5.91 Å². The molecule has 1 amide bonds. The molecular formula is C18H29N3O. The van der Waals surface area contributed by atoms with E-state index in [1.54, 1.807) is 6.92 Å². The first-order valence-corrected chi connectivity index (χ1v) is 8.24. The zero-order chi connectivity index (χ0) is 16.2. The van der Waals surface area contributed by atoms with Crippen LogP contribution in [0.4, 0.5) is 0 Å². The first-order valence-electron chi connectivity index (χ1n) is 8.24. The van der Waals surface area contributed by atoms with Gasteiger partial charge in [-0.05, 0) is 37.3 Å². The van der Waals surface area contributed by atoms with Crippen LogP contribution in [0.3, 0.4) is 0 Å². The highest BCUT2D eigenvalue weighted by molar-refractivity contribution is 5.86. The van der Waals surface area contributed by atoms with Gasteiger partial charge in [-0.2, -0.15) is 0 Å². The van der Waals surface area contributed by atoms with Gasteiger partial charge in [-0.1, -0.05) is 44.2 Å². The smallest absolute Gasteiger partial charge is 0.244 e. The second kappa shape index (κ2) is 7.25. The molecule has 1 aromatic rings. The number of benzene rings is 1. The molecule has 2 rings (SSSR count). The van der Waals surface area contributed by atoms with Crippen LogP contribution in [0, 0.1) is 11.8 Å². The Balaban J connectivity index is 1.83. The molecule has 4 heteroatoms. The normalized spacial score (nSPS) is 21.8. The minimum absolute atomic E-state index is 0.0963. The van der Waals surface area contributed by atoms with Crippen LogP contribution in [0.2, 0.25) is 0 Å². The van der Waals surface area contributed by atoms with Crippen LogP contribution < -0.4 is 11.1 Å². The molecule has 22 heavy (non-hydrogen) atoms. The lowest BCUT2D eigenvalue weighted by atomic mass is 9.92. The molecule has 2 unspecified atom stereocenters. The topological polar surface area (TPSA) is 58.4 Å². The minimum atomic E-state index is -0.975. The molecule has 1 fully saturated rings. The number of nitrogens with two attached hydrogens (primary N) is 1. The largest absolute Gasteiger partial charge is 0.354 e. The summed E-state index contributed by atoms with van der Waals surface area (Å²) in [4.78, 5) is 14.9. The number of carbonyl (C=O) groups is 1. The van der Waals surface area contributed by atoms with E-state index < -0.39 is 5.54 Å². The van der Waals surface area contributed by atoms with Gasteiger partial charge >= 0.3 is 0 Å². The predicted molar refractivity (Wildman–Crippen MR) is 90.4 cm³/mol. The Labute approximate surface area is 134 Å². The molecule has 1 saturated heterocycles. The van der Waals surface area contributed by atoms with Gasteiger partial charge in [0.15, 0.2) is 0 Å². The molecular weight excluding hydrogens is 274 g/mol. The van der Waals surface area contributed by atoms with E-state index >= 15 is 0 Å². The summed E-state index contributed by atoms with van der Waals surface area (Å²) < 4.78 is 0. The molecule has 0 saturated carbocycles. The quantitative estimate of drug-likeness (QED) is 0.844. The van der Waals surface area contributed by atoms with Crippen molar-refractivity contribution in [2.75, 3.05) is 26.2 Å². The Morgan fingerprint density at radius 1 is 1.41 bits per heavy atom. The number of amides is 1. The van der Waals surface area contributed by atoms with Crippen LogP contribution >= 0.6 is 0 Å². The Morgan fingerprint density at radius 3 is 2.73 bits per heavy atom. The summed E-state index contributed by atoms with van der Waals surface area (Å²) in [6.07, 6.45) is 1.15. The SMILES string of the molecule is CC(C)CN1CCC(CNC(=O)C(C)(N)c2ccccc2)C1. The lowest BCUT2D eigenvalue weighted by Gasteiger charge is -2.25. The first kappa shape index (κ1) is 17.0. The Bertz CT molecular complexity index is 484. The number of hydrogen-bond donors (Lipinski definition) is 2. The van der Waals surface area contributed by atoms with Gasteiger partial charge < -0.3 is 16.0 Å². The molecule has 4 nitrogen and oxygen atoms in total. The molecule has 1 aromatic carbocycles. The van der Waals surface area contributed by atoms with E-state index in [4.69, 9.17) is 5.73 Å². The molecule has 0 aliphatic carbocycles. The second-order valence-corrected chi connectivity index (χ2v) is 7.09. The van der Waals surface area contributed by atoms with Crippen LogP contribution in [0.15, 0.2) is 30.3 Å². The second-order valence-electron chi connectivity index (χ2n) is 7.09. The van der Waals surface area contributed by atoms with E-state index in [0.717, 1.165) is 31.6 Å². The summed E-state index contributed by atoms with van der Waals surface area (Å²) in [6, 6.07) is 9.56. The maximum Gasteiger partial charge on any atom is 0.244 e. The molecule has 0 bridgehead atoms. The maximum absolute atomic E-state index is 12.4. The predicted octanol–water partition coefficient (Wildman–Crippen LogP) is 1.95. The highest BCUT2D eigenvalue weighted by Gasteiger charge is 2.31. The van der Waals surface area contributed by atoms with Crippen molar-refractivity contribution in [2.45, 2.75) is 32.7 Å². The van der Waals surface area contributed by atoms with E-state index in [-0.39, 0.29) is 5.91 Å². The summed E-state index contributed by atoms with van der Waals surface area (Å²) in [5, 5.41) is 3.05. The Morgan fingerprint density at radius 2 is 2.09 bits per heavy atom. The average molecular weight is 303 g/mol. The average Bonchev–Trinajstić information content (AvgIpc) is 2.92. The molecule has 1 heterocycles. The molecule has 2 atom stereocenters. The first-order chi connectivity index (χ1) is 10.4. The highest BCUT2D eigenvalue weighted by Crippen LogP contribution is 2.19. The van der Waals surface area contributed by atoms with Gasteiger partial charge in [0, 0.05) is 19.6 Å². The molecule has 122 valence electrons. The Kier molecular flexibility index (Phi) is 5.59. The molecule has 1 aliphatic heterocycles. The summed E-state index contributed by atoms with van der Waals surface area (Å²) in [5.41, 5.74) is 6.11. The molecule has 0 radical (unpaired) electrons. The minimum Gasteiger partial charge on any atom is -0.354 e. The third-order valence-corrected chi connectivity index (χ3v) is 4.39. The summed E-state index contributed by atoms with van der Waals surface area (Å²) >= 11 is 0. The molecule has 0 spiro atoms. The van der Waals surface area contributed by atoms with Crippen molar-refractivity contribution in [3.8, 4) is 0 Å². The number of nitrogens with one attached hydrogen (secondary N) is 1. The molecule has 3 N–H and O–H groups in total. The third-order valence-electron chi connectivity index (χ3n) is 4.39. The van der Waals surface area contributed by atoms with Crippen molar-refractivity contribution in [1.82, 2.24) is 10.2 Å². The standard InChI is InChI=1S/C18H29N3O/c1-14(2)12-21-10-9-15(13-21)11-20-17(22)18(3,19)16-7-5-4-6-8-16/h4-8,14-15H,9-13,19H2,1-3H3,(H,20,22). The fraction of sp³-hybridized carbons (Fsp3) is 0.611. The van der Waals surface area contributed by atoms with E-state index in [9.17, 15) is 4.79 Å². The van der Waals surface area contributed by atoms with E-state index in [0.29, 0.717) is 18.4 Å². The van der Waals surface area contributed by atoms with Crippen molar-refractivity contribution in [1.29, 1.82) is 0 Å². The van der Waals surface area contributed by atoms with Crippen molar-refractivity contribution in [2.24, 2.45) is 17.6 Å². The number of rotatable bonds is 6. The number of likely N-dealkylation sites (tertiary alicyclic amines) is 1. The van der Waals surface area contributed by atoms with Crippen LogP contribution in [0.5, 0.6) is 0 Å². The van der Waals surface area contributed by atoms with Crippen molar-refractivity contribution in [3.05, 3.63) is 35.9 Å². The number of hydrogen-bond acceptors (Lipinski definition) is 3. The lowest BCUT2D eigenvalue weighted by molar-refractivity contribution is -0.126. The number of carbonyl (C=O) groups excluding carboxylic acids is 1. The van der Waals surface area contributed by atoms with E-state index in [1.165, 1.54) is 0 Å². The summed E-state index contributed by atoms with van der Waals surface area (Å²) in [6.45, 7) is 10.3. The van der Waals surface area contributed by atoms with E-state index in [1.807, 2.05) is 30.3 Å². The van der Waals surface area contributed by atoms with Gasteiger partial charge in [0.25, 0.3) is 0 Å². The van der Waals surface area contributed by atoms with Gasteiger partial charge in [0.1, 0.15) is 5.54 Å². The fourth-order valence-corrected chi connectivity index (χ4v) is 3.10. The van der Waals surface area contributed by atoms with Gasteiger partial charge in [-0.15, -0.1) is 0 Å².